The van der Waals surface area contributed by atoms with Crippen molar-refractivity contribution in [3.8, 4) is 0 Å². The number of rotatable bonds is 2. The molecule has 1 amide bonds. The van der Waals surface area contributed by atoms with Crippen molar-refractivity contribution in [3.63, 3.8) is 0 Å². The number of pyridine rings is 1. The van der Waals surface area contributed by atoms with E-state index in [0.717, 1.165) is 11.0 Å². The zero-order valence-electron chi connectivity index (χ0n) is 11.5. The van der Waals surface area contributed by atoms with Gasteiger partial charge in [0.2, 0.25) is 5.91 Å². The quantitative estimate of drug-likeness (QED) is 0.830. The molecule has 2 heterocycles. The van der Waals surface area contributed by atoms with Gasteiger partial charge in [0.1, 0.15) is 6.04 Å². The van der Waals surface area contributed by atoms with Crippen LogP contribution in [-0.4, -0.2) is 26.0 Å². The van der Waals surface area contributed by atoms with E-state index >= 15 is 0 Å². The van der Waals surface area contributed by atoms with Gasteiger partial charge >= 0.3 is 0 Å². The molecule has 0 spiro atoms. The van der Waals surface area contributed by atoms with Gasteiger partial charge in [0, 0.05) is 11.7 Å². The van der Waals surface area contributed by atoms with E-state index in [-0.39, 0.29) is 17.5 Å². The molecule has 0 aliphatic rings. The largest absolute Gasteiger partial charge is 0.350 e. The molecule has 0 radical (unpaired) electrons. The molecule has 0 aromatic carbocycles. The molecule has 2 N–H and O–H groups in total. The molecule has 6 heteroatoms. The lowest BCUT2D eigenvalue weighted by Crippen LogP contribution is -2.43. The summed E-state index contributed by atoms with van der Waals surface area (Å²) in [4.78, 5) is 19.3. The average Bonchev–Trinajstić information content (AvgIpc) is 2.61. The number of hydrogen-bond donors (Lipinski definition) is 2. The van der Waals surface area contributed by atoms with Crippen LogP contribution in [0.3, 0.4) is 0 Å². The molecule has 1 unspecified atom stereocenters. The number of H-pyrrole nitrogens is 1. The van der Waals surface area contributed by atoms with Gasteiger partial charge in [-0.1, -0.05) is 0 Å². The van der Waals surface area contributed by atoms with E-state index in [9.17, 15) is 4.79 Å². The number of carbonyl (C=O) groups excluding carboxylic acids is 1. The summed E-state index contributed by atoms with van der Waals surface area (Å²) in [6.45, 7) is 7.70. The standard InChI is InChI=1S/C13H18N4OS/c1-8(11(18)16-13(2,3)4)17-10-5-6-14-7-9(10)15-12(17)19/h5-8H,1-4H3,(H,15,19)(H,16,18). The molecule has 1 atom stereocenters. The summed E-state index contributed by atoms with van der Waals surface area (Å²) in [5, 5.41) is 2.96. The van der Waals surface area contributed by atoms with Crippen molar-refractivity contribution in [1.29, 1.82) is 0 Å². The molecule has 2 aromatic heterocycles. The summed E-state index contributed by atoms with van der Waals surface area (Å²) in [7, 11) is 0. The summed E-state index contributed by atoms with van der Waals surface area (Å²) in [6, 6.07) is 1.48. The first-order valence-electron chi connectivity index (χ1n) is 6.16. The third kappa shape index (κ3) is 2.84. The second kappa shape index (κ2) is 4.77. The van der Waals surface area contributed by atoms with Crippen LogP contribution < -0.4 is 5.32 Å². The molecule has 2 aromatic rings. The Balaban J connectivity index is 2.42. The van der Waals surface area contributed by atoms with E-state index in [1.165, 1.54) is 0 Å². The maximum Gasteiger partial charge on any atom is 0.243 e. The maximum absolute atomic E-state index is 12.2. The first-order valence-corrected chi connectivity index (χ1v) is 6.57. The molecule has 0 fully saturated rings. The van der Waals surface area contributed by atoms with Crippen LogP contribution in [0.5, 0.6) is 0 Å². The number of hydrogen-bond acceptors (Lipinski definition) is 3. The summed E-state index contributed by atoms with van der Waals surface area (Å²) in [5.74, 6) is -0.0543. The summed E-state index contributed by atoms with van der Waals surface area (Å²) < 4.78 is 2.34. The zero-order chi connectivity index (χ0) is 14.2. The molecule has 0 saturated heterocycles. The van der Waals surface area contributed by atoms with Crippen LogP contribution in [0.25, 0.3) is 11.0 Å². The Morgan fingerprint density at radius 1 is 1.53 bits per heavy atom. The van der Waals surface area contributed by atoms with Crippen LogP contribution in [0.4, 0.5) is 0 Å². The monoisotopic (exact) mass is 278 g/mol. The Morgan fingerprint density at radius 2 is 2.21 bits per heavy atom. The Kier molecular flexibility index (Phi) is 3.45. The van der Waals surface area contributed by atoms with E-state index in [1.54, 1.807) is 12.4 Å². The Hall–Kier alpha value is -1.69. The van der Waals surface area contributed by atoms with Crippen molar-refractivity contribution >= 4 is 29.2 Å². The average molecular weight is 278 g/mol. The molecule has 0 aliphatic carbocycles. The SMILES string of the molecule is CC(C(=O)NC(C)(C)C)n1c(=S)[nH]c2cnccc21. The Bertz CT molecular complexity index is 665. The molecule has 2 rings (SSSR count). The fraction of sp³-hybridized carbons (Fsp3) is 0.462. The van der Waals surface area contributed by atoms with Gasteiger partial charge in [-0.3, -0.25) is 9.78 Å². The van der Waals surface area contributed by atoms with Gasteiger partial charge in [-0.2, -0.15) is 0 Å². The van der Waals surface area contributed by atoms with Gasteiger partial charge in [-0.05, 0) is 46.0 Å². The van der Waals surface area contributed by atoms with E-state index in [0.29, 0.717) is 4.77 Å². The molecule has 0 bridgehead atoms. The first-order chi connectivity index (χ1) is 8.79. The summed E-state index contributed by atoms with van der Waals surface area (Å²) in [5.41, 5.74) is 1.46. The van der Waals surface area contributed by atoms with Gasteiger partial charge < -0.3 is 14.9 Å². The minimum absolute atomic E-state index is 0.0543. The number of carbonyl (C=O) groups is 1. The van der Waals surface area contributed by atoms with E-state index in [1.807, 2.05) is 38.3 Å². The molecule has 0 aliphatic heterocycles. The van der Waals surface area contributed by atoms with Crippen LogP contribution in [0.15, 0.2) is 18.5 Å². The van der Waals surface area contributed by atoms with Crippen molar-refractivity contribution in [1.82, 2.24) is 19.9 Å². The fourth-order valence-electron chi connectivity index (χ4n) is 1.95. The number of nitrogens with one attached hydrogen (secondary N) is 2. The minimum atomic E-state index is -0.372. The lowest BCUT2D eigenvalue weighted by molar-refractivity contribution is -0.125. The first kappa shape index (κ1) is 13.7. The minimum Gasteiger partial charge on any atom is -0.350 e. The molecule has 19 heavy (non-hydrogen) atoms. The highest BCUT2D eigenvalue weighted by atomic mass is 32.1. The van der Waals surface area contributed by atoms with Crippen LogP contribution >= 0.6 is 12.2 Å². The summed E-state index contributed by atoms with van der Waals surface area (Å²) in [6.07, 6.45) is 3.39. The van der Waals surface area contributed by atoms with Crippen LogP contribution in [0, 0.1) is 4.77 Å². The lowest BCUT2D eigenvalue weighted by Gasteiger charge is -2.24. The van der Waals surface area contributed by atoms with Crippen molar-refractivity contribution in [3.05, 3.63) is 23.2 Å². The van der Waals surface area contributed by atoms with E-state index in [2.05, 4.69) is 15.3 Å². The highest BCUT2D eigenvalue weighted by molar-refractivity contribution is 7.71. The van der Waals surface area contributed by atoms with E-state index in [4.69, 9.17) is 12.2 Å². The smallest absolute Gasteiger partial charge is 0.243 e. The molecule has 0 saturated carbocycles. The highest BCUT2D eigenvalue weighted by Gasteiger charge is 2.22. The molecular weight excluding hydrogens is 260 g/mol. The third-order valence-corrected chi connectivity index (χ3v) is 3.08. The predicted octanol–water partition coefficient (Wildman–Crippen LogP) is 2.57. The summed E-state index contributed by atoms with van der Waals surface area (Å²) >= 11 is 5.29. The molecule has 102 valence electrons. The maximum atomic E-state index is 12.2. The fourth-order valence-corrected chi connectivity index (χ4v) is 2.32. The number of imidazole rings is 1. The van der Waals surface area contributed by atoms with Gasteiger partial charge in [-0.25, -0.2) is 0 Å². The van der Waals surface area contributed by atoms with Gasteiger partial charge in [0.05, 0.1) is 17.2 Å². The third-order valence-electron chi connectivity index (χ3n) is 2.78. The van der Waals surface area contributed by atoms with Gasteiger partial charge in [-0.15, -0.1) is 0 Å². The second-order valence-electron chi connectivity index (χ2n) is 5.61. The predicted molar refractivity (Wildman–Crippen MR) is 77.5 cm³/mol. The van der Waals surface area contributed by atoms with Crippen LogP contribution in [0.1, 0.15) is 33.7 Å². The van der Waals surface area contributed by atoms with Gasteiger partial charge in [0.15, 0.2) is 4.77 Å². The van der Waals surface area contributed by atoms with Crippen molar-refractivity contribution in [2.45, 2.75) is 39.3 Å². The number of amides is 1. The molecular formula is C13H18N4OS. The van der Waals surface area contributed by atoms with Crippen LogP contribution in [-0.2, 0) is 4.79 Å². The topological polar surface area (TPSA) is 62.7 Å². The highest BCUT2D eigenvalue weighted by Crippen LogP contribution is 2.18. The van der Waals surface area contributed by atoms with Crippen molar-refractivity contribution < 1.29 is 4.79 Å². The number of aromatic nitrogens is 3. The van der Waals surface area contributed by atoms with Crippen molar-refractivity contribution in [2.75, 3.05) is 0 Å². The van der Waals surface area contributed by atoms with Crippen LogP contribution in [0.2, 0.25) is 0 Å². The molecule has 5 nitrogen and oxygen atoms in total. The van der Waals surface area contributed by atoms with Gasteiger partial charge in [0.25, 0.3) is 0 Å². The number of fused-ring (bicyclic) bond motifs is 1. The zero-order valence-corrected chi connectivity index (χ0v) is 12.3. The van der Waals surface area contributed by atoms with Crippen molar-refractivity contribution in [2.24, 2.45) is 0 Å². The Labute approximate surface area is 117 Å². The lowest BCUT2D eigenvalue weighted by atomic mass is 10.1. The Morgan fingerprint density at radius 3 is 2.84 bits per heavy atom. The number of aromatic amines is 1. The van der Waals surface area contributed by atoms with E-state index < -0.39 is 0 Å². The normalized spacial score (nSPS) is 13.5. The second-order valence-corrected chi connectivity index (χ2v) is 5.99. The number of nitrogens with zero attached hydrogens (tertiary/aromatic N) is 2.